The second-order valence-corrected chi connectivity index (χ2v) is 8.42. The zero-order valence-electron chi connectivity index (χ0n) is 14.9. The van der Waals surface area contributed by atoms with Crippen LogP contribution in [0, 0.1) is 5.82 Å². The molecule has 0 aliphatic rings. The minimum absolute atomic E-state index is 0.0849. The van der Waals surface area contributed by atoms with E-state index in [1.165, 1.54) is 6.20 Å². The number of nitrogens with zero attached hydrogens (tertiary/aromatic N) is 2. The van der Waals surface area contributed by atoms with E-state index in [9.17, 15) is 12.8 Å². The summed E-state index contributed by atoms with van der Waals surface area (Å²) < 4.78 is 41.4. The van der Waals surface area contributed by atoms with Crippen molar-refractivity contribution in [2.75, 3.05) is 10.0 Å². The summed E-state index contributed by atoms with van der Waals surface area (Å²) in [6.07, 6.45) is 4.77. The molecule has 1 aromatic carbocycles. The van der Waals surface area contributed by atoms with Crippen LogP contribution in [0.15, 0.2) is 53.1 Å². The molecule has 0 spiro atoms. The van der Waals surface area contributed by atoms with Crippen molar-refractivity contribution in [3.63, 3.8) is 0 Å². The SMILES string of the molecule is C[C@@H](Nc1cc(F)c(S(=O)(=O)Nc2nccs2)cc1Cl)c1cccnc1.O=CO. The maximum atomic E-state index is 14.5. The smallest absolute Gasteiger partial charge is 0.290 e. The number of rotatable bonds is 6. The number of thiazole rings is 1. The molecule has 0 unspecified atom stereocenters. The Morgan fingerprint density at radius 1 is 1.34 bits per heavy atom. The average molecular weight is 459 g/mol. The summed E-state index contributed by atoms with van der Waals surface area (Å²) >= 11 is 7.26. The van der Waals surface area contributed by atoms with Crippen molar-refractivity contribution in [2.45, 2.75) is 17.9 Å². The van der Waals surface area contributed by atoms with Gasteiger partial charge < -0.3 is 10.4 Å². The zero-order chi connectivity index (χ0) is 21.4. The van der Waals surface area contributed by atoms with Crippen LogP contribution in [0.4, 0.5) is 15.2 Å². The lowest BCUT2D eigenvalue weighted by molar-refractivity contribution is -0.122. The first-order chi connectivity index (χ1) is 13.8. The molecule has 0 radical (unpaired) electrons. The minimum Gasteiger partial charge on any atom is -0.483 e. The fourth-order valence-electron chi connectivity index (χ4n) is 2.24. The Bertz CT molecular complexity index is 1050. The van der Waals surface area contributed by atoms with Crippen LogP contribution in [0.25, 0.3) is 0 Å². The van der Waals surface area contributed by atoms with Crippen molar-refractivity contribution < 1.29 is 22.7 Å². The van der Waals surface area contributed by atoms with Crippen LogP contribution in [0.2, 0.25) is 5.02 Å². The fourth-order valence-corrected chi connectivity index (χ4v) is 4.40. The summed E-state index contributed by atoms with van der Waals surface area (Å²) in [6, 6.07) is 5.59. The molecule has 2 aromatic heterocycles. The van der Waals surface area contributed by atoms with Crippen LogP contribution in [0.5, 0.6) is 0 Å². The molecule has 3 rings (SSSR count). The highest BCUT2D eigenvalue weighted by Crippen LogP contribution is 2.31. The summed E-state index contributed by atoms with van der Waals surface area (Å²) in [5, 5.41) is 11.8. The number of sulfonamides is 1. The Labute approximate surface area is 175 Å². The highest BCUT2D eigenvalue weighted by atomic mass is 35.5. The number of benzene rings is 1. The van der Waals surface area contributed by atoms with Crippen molar-refractivity contribution in [3.8, 4) is 0 Å². The molecule has 29 heavy (non-hydrogen) atoms. The summed E-state index contributed by atoms with van der Waals surface area (Å²) in [5.41, 5.74) is 1.17. The number of halogens is 2. The van der Waals surface area contributed by atoms with Gasteiger partial charge in [-0.15, -0.1) is 11.3 Å². The molecule has 0 aliphatic heterocycles. The highest BCUT2D eigenvalue weighted by Gasteiger charge is 2.23. The maximum Gasteiger partial charge on any atom is 0.290 e. The second kappa shape index (κ2) is 10.1. The van der Waals surface area contributed by atoms with E-state index in [4.69, 9.17) is 21.5 Å². The summed E-state index contributed by atoms with van der Waals surface area (Å²) in [6.45, 7) is 1.61. The van der Waals surface area contributed by atoms with Crippen LogP contribution in [-0.4, -0.2) is 30.0 Å². The van der Waals surface area contributed by atoms with E-state index < -0.39 is 20.7 Å². The van der Waals surface area contributed by atoms with Gasteiger partial charge in [0.05, 0.1) is 16.8 Å². The standard InChI is InChI=1S/C16H14ClFN4O2S2.CH2O2/c1-10(11-3-2-4-19-9-11)21-14-8-13(18)15(7-12(14)17)26(23,24)22-16-20-5-6-25-16;2-1-3/h2-10,21H,1H3,(H,20,22);1H,(H,2,3)/t10-;/m1./s1. The molecule has 8 nitrogen and oxygen atoms in total. The number of hydrogen-bond donors (Lipinski definition) is 3. The topological polar surface area (TPSA) is 121 Å². The van der Waals surface area contributed by atoms with Crippen LogP contribution in [0.1, 0.15) is 18.5 Å². The molecule has 0 fully saturated rings. The second-order valence-electron chi connectivity index (χ2n) is 5.46. The lowest BCUT2D eigenvalue weighted by Gasteiger charge is -2.17. The number of carbonyl (C=O) groups is 1. The number of carboxylic acid groups (broad SMARTS) is 1. The van der Waals surface area contributed by atoms with Crippen molar-refractivity contribution in [2.24, 2.45) is 0 Å². The molecule has 3 N–H and O–H groups in total. The molecular formula is C17H16ClFN4O4S2. The Hall–Kier alpha value is -2.76. The highest BCUT2D eigenvalue weighted by molar-refractivity contribution is 7.93. The largest absolute Gasteiger partial charge is 0.483 e. The first kappa shape index (κ1) is 22.5. The Kier molecular flexibility index (Phi) is 7.88. The number of anilines is 2. The normalized spacial score (nSPS) is 11.7. The van der Waals surface area contributed by atoms with Gasteiger partial charge in [-0.05, 0) is 30.7 Å². The number of hydrogen-bond acceptors (Lipinski definition) is 7. The van der Waals surface area contributed by atoms with Crippen LogP contribution in [-0.2, 0) is 14.8 Å². The molecule has 0 aliphatic carbocycles. The summed E-state index contributed by atoms with van der Waals surface area (Å²) in [7, 11) is -4.13. The quantitative estimate of drug-likeness (QED) is 0.477. The third-order valence-corrected chi connectivity index (χ3v) is 6.01. The first-order valence-corrected chi connectivity index (χ1v) is 10.7. The Balaban J connectivity index is 0.000000941. The van der Waals surface area contributed by atoms with E-state index >= 15 is 0 Å². The van der Waals surface area contributed by atoms with Gasteiger partial charge in [0.1, 0.15) is 10.7 Å². The van der Waals surface area contributed by atoms with Gasteiger partial charge in [0.15, 0.2) is 5.13 Å². The summed E-state index contributed by atoms with van der Waals surface area (Å²) in [4.78, 5) is 15.7. The summed E-state index contributed by atoms with van der Waals surface area (Å²) in [5.74, 6) is -0.917. The maximum absolute atomic E-state index is 14.5. The molecule has 12 heteroatoms. The molecule has 2 heterocycles. The van der Waals surface area contributed by atoms with E-state index in [0.717, 1.165) is 29.0 Å². The molecule has 0 amide bonds. The van der Waals surface area contributed by atoms with Gasteiger partial charge in [0.25, 0.3) is 16.5 Å². The van der Waals surface area contributed by atoms with Gasteiger partial charge in [-0.25, -0.2) is 17.8 Å². The lowest BCUT2D eigenvalue weighted by atomic mass is 10.1. The predicted octanol–water partition coefficient (Wildman–Crippen LogP) is 4.01. The molecule has 1 atom stereocenters. The third kappa shape index (κ3) is 6.11. The van der Waals surface area contributed by atoms with Gasteiger partial charge in [-0.2, -0.15) is 0 Å². The number of pyridine rings is 1. The van der Waals surface area contributed by atoms with Crippen molar-refractivity contribution >= 4 is 50.3 Å². The molecule has 0 bridgehead atoms. The van der Waals surface area contributed by atoms with Gasteiger partial charge in [-0.3, -0.25) is 14.5 Å². The average Bonchev–Trinajstić information content (AvgIpc) is 3.18. The van der Waals surface area contributed by atoms with E-state index in [1.807, 2.05) is 13.0 Å². The van der Waals surface area contributed by atoms with Gasteiger partial charge in [0.2, 0.25) is 0 Å². The van der Waals surface area contributed by atoms with Gasteiger partial charge in [-0.1, -0.05) is 17.7 Å². The Morgan fingerprint density at radius 3 is 2.66 bits per heavy atom. The minimum atomic E-state index is -4.13. The third-order valence-electron chi connectivity index (χ3n) is 3.52. The molecular weight excluding hydrogens is 443 g/mol. The van der Waals surface area contributed by atoms with Crippen molar-refractivity contribution in [3.05, 3.63) is 64.6 Å². The van der Waals surface area contributed by atoms with E-state index in [-0.39, 0.29) is 28.4 Å². The monoisotopic (exact) mass is 458 g/mol. The van der Waals surface area contributed by atoms with E-state index in [2.05, 4.69) is 20.0 Å². The first-order valence-electron chi connectivity index (χ1n) is 7.94. The number of aromatic nitrogens is 2. The Morgan fingerprint density at radius 2 is 2.07 bits per heavy atom. The van der Waals surface area contributed by atoms with Gasteiger partial charge in [0, 0.05) is 24.0 Å². The lowest BCUT2D eigenvalue weighted by Crippen LogP contribution is -2.15. The molecule has 154 valence electrons. The molecule has 3 aromatic rings. The molecule has 0 saturated carbocycles. The van der Waals surface area contributed by atoms with Crippen LogP contribution in [0.3, 0.4) is 0 Å². The van der Waals surface area contributed by atoms with E-state index in [0.29, 0.717) is 0 Å². The predicted molar refractivity (Wildman–Crippen MR) is 109 cm³/mol. The van der Waals surface area contributed by atoms with E-state index in [1.54, 1.807) is 23.8 Å². The van der Waals surface area contributed by atoms with Crippen molar-refractivity contribution in [1.29, 1.82) is 0 Å². The fraction of sp³-hybridized carbons (Fsp3) is 0.118. The van der Waals surface area contributed by atoms with Gasteiger partial charge >= 0.3 is 0 Å². The van der Waals surface area contributed by atoms with Crippen molar-refractivity contribution in [1.82, 2.24) is 9.97 Å². The molecule has 0 saturated heterocycles. The zero-order valence-corrected chi connectivity index (χ0v) is 17.3. The number of nitrogens with one attached hydrogen (secondary N) is 2. The van der Waals surface area contributed by atoms with Crippen LogP contribution >= 0.6 is 22.9 Å². The van der Waals surface area contributed by atoms with Crippen LogP contribution < -0.4 is 10.0 Å².